The van der Waals surface area contributed by atoms with E-state index in [2.05, 4.69) is 42.2 Å². The van der Waals surface area contributed by atoms with Gasteiger partial charge in [0.15, 0.2) is 0 Å². The molecule has 0 fully saturated rings. The molecule has 0 unspecified atom stereocenters. The summed E-state index contributed by atoms with van der Waals surface area (Å²) in [6, 6.07) is 6.52. The molecule has 1 aromatic carbocycles. The molecule has 1 aromatic heterocycles. The summed E-state index contributed by atoms with van der Waals surface area (Å²) in [7, 11) is 1.70. The Balaban J connectivity index is 2.13. The molecule has 0 aliphatic heterocycles. The first-order valence-electron chi connectivity index (χ1n) is 6.12. The highest BCUT2D eigenvalue weighted by molar-refractivity contribution is 5.31. The first kappa shape index (κ1) is 12.8. The van der Waals surface area contributed by atoms with Gasteiger partial charge in [-0.05, 0) is 30.5 Å². The molecule has 0 saturated heterocycles. The number of methoxy groups -OCH3 is 1. The van der Waals surface area contributed by atoms with Crippen LogP contribution in [-0.2, 0) is 17.7 Å². The van der Waals surface area contributed by atoms with Crippen LogP contribution in [0.15, 0.2) is 24.5 Å². The quantitative estimate of drug-likeness (QED) is 0.810. The molecule has 0 spiro atoms. The lowest BCUT2D eigenvalue weighted by molar-refractivity contribution is 0.186. The maximum atomic E-state index is 5.08. The van der Waals surface area contributed by atoms with Crippen molar-refractivity contribution in [1.82, 2.24) is 14.8 Å². The Morgan fingerprint density at radius 1 is 1.22 bits per heavy atom. The minimum Gasteiger partial charge on any atom is -0.383 e. The molecule has 2 aromatic rings. The summed E-state index contributed by atoms with van der Waals surface area (Å²) in [5.74, 6) is 0.982. The highest BCUT2D eigenvalue weighted by Crippen LogP contribution is 2.13. The number of ether oxygens (including phenoxy) is 1. The smallest absolute Gasteiger partial charge is 0.137 e. The zero-order valence-corrected chi connectivity index (χ0v) is 11.2. The van der Waals surface area contributed by atoms with E-state index >= 15 is 0 Å². The molecule has 0 bridgehead atoms. The van der Waals surface area contributed by atoms with Crippen LogP contribution in [0.4, 0.5) is 0 Å². The second-order valence-electron chi connectivity index (χ2n) is 4.53. The van der Waals surface area contributed by atoms with Crippen molar-refractivity contribution in [2.24, 2.45) is 0 Å². The van der Waals surface area contributed by atoms with Gasteiger partial charge >= 0.3 is 0 Å². The third-order valence-electron chi connectivity index (χ3n) is 3.17. The standard InChI is InChI=1S/C14H19N3O/c1-11-4-5-13(8-12(11)2)9-14-16-15-10-17(14)6-7-18-3/h4-5,8,10H,6-7,9H2,1-3H3. The lowest BCUT2D eigenvalue weighted by Crippen LogP contribution is -2.08. The van der Waals surface area contributed by atoms with Crippen LogP contribution in [0.2, 0.25) is 0 Å². The normalized spacial score (nSPS) is 10.8. The maximum Gasteiger partial charge on any atom is 0.137 e. The van der Waals surface area contributed by atoms with Gasteiger partial charge < -0.3 is 9.30 Å². The van der Waals surface area contributed by atoms with Crippen molar-refractivity contribution < 1.29 is 4.74 Å². The average Bonchev–Trinajstić information content (AvgIpc) is 2.79. The first-order chi connectivity index (χ1) is 8.70. The Hall–Kier alpha value is -1.68. The zero-order chi connectivity index (χ0) is 13.0. The predicted molar refractivity (Wildman–Crippen MR) is 70.6 cm³/mol. The molecule has 4 heteroatoms. The number of nitrogens with zero attached hydrogens (tertiary/aromatic N) is 3. The lowest BCUT2D eigenvalue weighted by Gasteiger charge is -2.07. The predicted octanol–water partition coefficient (Wildman–Crippen LogP) is 2.13. The number of aromatic nitrogens is 3. The van der Waals surface area contributed by atoms with Crippen LogP contribution in [0.5, 0.6) is 0 Å². The van der Waals surface area contributed by atoms with E-state index in [1.165, 1.54) is 16.7 Å². The molecule has 0 aliphatic rings. The Morgan fingerprint density at radius 2 is 2.06 bits per heavy atom. The van der Waals surface area contributed by atoms with Crippen LogP contribution >= 0.6 is 0 Å². The van der Waals surface area contributed by atoms with E-state index in [9.17, 15) is 0 Å². The molecule has 0 saturated carbocycles. The molecular formula is C14H19N3O. The van der Waals surface area contributed by atoms with Gasteiger partial charge in [0.25, 0.3) is 0 Å². The summed E-state index contributed by atoms with van der Waals surface area (Å²) < 4.78 is 7.12. The second kappa shape index (κ2) is 5.78. The lowest BCUT2D eigenvalue weighted by atomic mass is 10.0. The van der Waals surface area contributed by atoms with E-state index in [0.29, 0.717) is 6.61 Å². The fraction of sp³-hybridized carbons (Fsp3) is 0.429. The van der Waals surface area contributed by atoms with Gasteiger partial charge in [-0.2, -0.15) is 0 Å². The summed E-state index contributed by atoms with van der Waals surface area (Å²) >= 11 is 0. The summed E-state index contributed by atoms with van der Waals surface area (Å²) in [6.45, 7) is 5.73. The summed E-state index contributed by atoms with van der Waals surface area (Å²) in [5.41, 5.74) is 3.90. The number of aryl methyl sites for hydroxylation is 2. The van der Waals surface area contributed by atoms with Gasteiger partial charge in [-0.1, -0.05) is 18.2 Å². The summed E-state index contributed by atoms with van der Waals surface area (Å²) in [6.07, 6.45) is 2.57. The molecule has 0 N–H and O–H groups in total. The van der Waals surface area contributed by atoms with Crippen LogP contribution in [0.1, 0.15) is 22.5 Å². The van der Waals surface area contributed by atoms with Crippen molar-refractivity contribution in [3.63, 3.8) is 0 Å². The van der Waals surface area contributed by atoms with E-state index in [-0.39, 0.29) is 0 Å². The summed E-state index contributed by atoms with van der Waals surface area (Å²) in [5, 5.41) is 8.14. The fourth-order valence-electron chi connectivity index (χ4n) is 1.89. The zero-order valence-electron chi connectivity index (χ0n) is 11.2. The van der Waals surface area contributed by atoms with Crippen LogP contribution in [0.25, 0.3) is 0 Å². The van der Waals surface area contributed by atoms with Crippen molar-refractivity contribution in [2.45, 2.75) is 26.8 Å². The van der Waals surface area contributed by atoms with E-state index in [4.69, 9.17) is 4.74 Å². The number of rotatable bonds is 5. The van der Waals surface area contributed by atoms with E-state index in [0.717, 1.165) is 18.8 Å². The topological polar surface area (TPSA) is 39.9 Å². The van der Waals surface area contributed by atoms with Gasteiger partial charge in [0.2, 0.25) is 0 Å². The highest BCUT2D eigenvalue weighted by Gasteiger charge is 2.06. The van der Waals surface area contributed by atoms with Gasteiger partial charge in [-0.25, -0.2) is 0 Å². The van der Waals surface area contributed by atoms with Gasteiger partial charge in [-0.3, -0.25) is 0 Å². The van der Waals surface area contributed by atoms with E-state index in [1.54, 1.807) is 13.4 Å². The molecule has 0 radical (unpaired) electrons. The molecule has 18 heavy (non-hydrogen) atoms. The Morgan fingerprint density at radius 3 is 2.78 bits per heavy atom. The number of benzene rings is 1. The summed E-state index contributed by atoms with van der Waals surface area (Å²) in [4.78, 5) is 0. The SMILES string of the molecule is COCCn1cnnc1Cc1ccc(C)c(C)c1. The molecular weight excluding hydrogens is 226 g/mol. The van der Waals surface area contributed by atoms with Gasteiger partial charge in [0, 0.05) is 20.1 Å². The molecule has 0 atom stereocenters. The molecule has 4 nitrogen and oxygen atoms in total. The Labute approximate surface area is 108 Å². The van der Waals surface area contributed by atoms with Gasteiger partial charge in [0.05, 0.1) is 6.61 Å². The van der Waals surface area contributed by atoms with E-state index < -0.39 is 0 Å². The monoisotopic (exact) mass is 245 g/mol. The third-order valence-corrected chi connectivity index (χ3v) is 3.17. The van der Waals surface area contributed by atoms with Crippen molar-refractivity contribution in [3.05, 3.63) is 47.0 Å². The fourth-order valence-corrected chi connectivity index (χ4v) is 1.89. The average molecular weight is 245 g/mol. The Bertz CT molecular complexity index is 520. The largest absolute Gasteiger partial charge is 0.383 e. The van der Waals surface area contributed by atoms with E-state index in [1.807, 2.05) is 4.57 Å². The third kappa shape index (κ3) is 2.96. The molecule has 96 valence electrons. The number of hydrogen-bond acceptors (Lipinski definition) is 3. The highest BCUT2D eigenvalue weighted by atomic mass is 16.5. The van der Waals surface area contributed by atoms with Gasteiger partial charge in [-0.15, -0.1) is 10.2 Å². The maximum absolute atomic E-state index is 5.08. The minimum atomic E-state index is 0.679. The van der Waals surface area contributed by atoms with Crippen LogP contribution in [-0.4, -0.2) is 28.5 Å². The number of hydrogen-bond donors (Lipinski definition) is 0. The second-order valence-corrected chi connectivity index (χ2v) is 4.53. The van der Waals surface area contributed by atoms with Gasteiger partial charge in [0.1, 0.15) is 12.2 Å². The molecule has 0 aliphatic carbocycles. The van der Waals surface area contributed by atoms with Crippen molar-refractivity contribution in [1.29, 1.82) is 0 Å². The van der Waals surface area contributed by atoms with Crippen LogP contribution < -0.4 is 0 Å². The van der Waals surface area contributed by atoms with Crippen LogP contribution in [0, 0.1) is 13.8 Å². The molecule has 2 rings (SSSR count). The first-order valence-corrected chi connectivity index (χ1v) is 6.12. The van der Waals surface area contributed by atoms with Crippen molar-refractivity contribution in [3.8, 4) is 0 Å². The minimum absolute atomic E-state index is 0.679. The van der Waals surface area contributed by atoms with Crippen molar-refractivity contribution in [2.75, 3.05) is 13.7 Å². The Kier molecular flexibility index (Phi) is 4.10. The van der Waals surface area contributed by atoms with Crippen LogP contribution in [0.3, 0.4) is 0 Å². The molecule has 0 amide bonds. The molecule has 1 heterocycles. The van der Waals surface area contributed by atoms with Crippen molar-refractivity contribution >= 4 is 0 Å².